The summed E-state index contributed by atoms with van der Waals surface area (Å²) in [5, 5.41) is 6.87. The number of carbonyl (C=O) groups is 1. The molecule has 8 nitrogen and oxygen atoms in total. The van der Waals surface area contributed by atoms with Crippen molar-refractivity contribution in [3.63, 3.8) is 0 Å². The van der Waals surface area contributed by atoms with Gasteiger partial charge in [0.05, 0.1) is 24.1 Å². The van der Waals surface area contributed by atoms with Crippen LogP contribution in [0.5, 0.6) is 11.5 Å². The Kier molecular flexibility index (Phi) is 6.47. The third-order valence-electron chi connectivity index (χ3n) is 4.02. The summed E-state index contributed by atoms with van der Waals surface area (Å²) in [6.07, 6.45) is 1.32. The number of carbonyl (C=O) groups excluding carboxylic acids is 1. The van der Waals surface area contributed by atoms with Gasteiger partial charge in [-0.1, -0.05) is 30.3 Å². The topological polar surface area (TPSA) is 97.7 Å². The Balaban J connectivity index is 1.61. The van der Waals surface area contributed by atoms with Gasteiger partial charge in [0.25, 0.3) is 11.5 Å². The maximum Gasteiger partial charge on any atom is 0.280 e. The van der Waals surface area contributed by atoms with Crippen molar-refractivity contribution < 1.29 is 14.3 Å². The average molecular weight is 394 g/mol. The number of H-pyrrole nitrogens is 1. The fourth-order valence-corrected chi connectivity index (χ4v) is 2.66. The van der Waals surface area contributed by atoms with Crippen LogP contribution in [0.2, 0.25) is 0 Å². The minimum absolute atomic E-state index is 0.234. The molecule has 0 aliphatic carbocycles. The second-order valence-corrected chi connectivity index (χ2v) is 6.09. The monoisotopic (exact) mass is 394 g/mol. The van der Waals surface area contributed by atoms with Gasteiger partial charge in [0.15, 0.2) is 18.1 Å². The third-order valence-corrected chi connectivity index (χ3v) is 4.02. The van der Waals surface area contributed by atoms with Crippen LogP contribution in [0.1, 0.15) is 18.2 Å². The lowest BCUT2D eigenvalue weighted by Crippen LogP contribution is -2.25. The van der Waals surface area contributed by atoms with Gasteiger partial charge < -0.3 is 9.47 Å². The van der Waals surface area contributed by atoms with Crippen molar-refractivity contribution >= 4 is 12.1 Å². The van der Waals surface area contributed by atoms with E-state index in [2.05, 4.69) is 15.6 Å². The van der Waals surface area contributed by atoms with Gasteiger partial charge in [0, 0.05) is 5.69 Å². The zero-order valence-electron chi connectivity index (χ0n) is 16.2. The van der Waals surface area contributed by atoms with Gasteiger partial charge in [0.1, 0.15) is 0 Å². The lowest BCUT2D eigenvalue weighted by atomic mass is 10.3. The summed E-state index contributed by atoms with van der Waals surface area (Å²) >= 11 is 0. The molecular formula is C21H22N4O4. The van der Waals surface area contributed by atoms with E-state index in [0.29, 0.717) is 35.1 Å². The molecule has 0 aliphatic rings. The second kappa shape index (κ2) is 9.41. The number of rotatable bonds is 8. The number of ether oxygens (including phenoxy) is 2. The maximum absolute atomic E-state index is 12.6. The second-order valence-electron chi connectivity index (χ2n) is 6.09. The van der Waals surface area contributed by atoms with Gasteiger partial charge in [-0.25, -0.2) is 10.1 Å². The number of benzene rings is 2. The number of aryl methyl sites for hydroxylation is 1. The summed E-state index contributed by atoms with van der Waals surface area (Å²) < 4.78 is 12.4. The minimum Gasteiger partial charge on any atom is -0.490 e. The highest BCUT2D eigenvalue weighted by Gasteiger charge is 2.11. The predicted molar refractivity (Wildman–Crippen MR) is 110 cm³/mol. The molecule has 2 N–H and O–H groups in total. The van der Waals surface area contributed by atoms with Gasteiger partial charge in [0.2, 0.25) is 0 Å². The van der Waals surface area contributed by atoms with Crippen molar-refractivity contribution in [1.82, 2.24) is 15.2 Å². The number of aromatic amines is 1. The lowest BCUT2D eigenvalue weighted by Gasteiger charge is -2.10. The molecule has 0 bridgehead atoms. The summed E-state index contributed by atoms with van der Waals surface area (Å²) in [5.41, 5.74) is 3.81. The number of aromatic nitrogens is 2. The van der Waals surface area contributed by atoms with Crippen molar-refractivity contribution in [1.29, 1.82) is 0 Å². The number of hydrogen-bond donors (Lipinski definition) is 2. The fourth-order valence-electron chi connectivity index (χ4n) is 2.66. The summed E-state index contributed by atoms with van der Waals surface area (Å²) in [5.74, 6) is 0.584. The highest BCUT2D eigenvalue weighted by Crippen LogP contribution is 2.26. The van der Waals surface area contributed by atoms with Gasteiger partial charge in [-0.05, 0) is 38.1 Å². The number of hydrazone groups is 1. The predicted octanol–water partition coefficient (Wildman–Crippen LogP) is 2.40. The van der Waals surface area contributed by atoms with Crippen LogP contribution in [0.25, 0.3) is 5.69 Å². The Morgan fingerprint density at radius 1 is 1.10 bits per heavy atom. The molecule has 0 saturated carbocycles. The summed E-state index contributed by atoms with van der Waals surface area (Å²) in [4.78, 5) is 24.6. The van der Waals surface area contributed by atoms with Crippen molar-refractivity contribution in [2.75, 3.05) is 13.2 Å². The highest BCUT2D eigenvalue weighted by molar-refractivity contribution is 5.83. The molecule has 0 fully saturated rings. The molecule has 0 radical (unpaired) electrons. The van der Waals surface area contributed by atoms with Crippen molar-refractivity contribution in [3.05, 3.63) is 76.2 Å². The smallest absolute Gasteiger partial charge is 0.280 e. The normalized spacial score (nSPS) is 10.8. The van der Waals surface area contributed by atoms with E-state index in [0.717, 1.165) is 0 Å². The fraction of sp³-hybridized carbons (Fsp3) is 0.190. The van der Waals surface area contributed by atoms with Crippen LogP contribution in [-0.4, -0.2) is 35.1 Å². The first kappa shape index (κ1) is 19.9. The Bertz CT molecular complexity index is 1050. The van der Waals surface area contributed by atoms with Gasteiger partial charge in [-0.15, -0.1) is 0 Å². The Morgan fingerprint density at radius 3 is 2.45 bits per heavy atom. The molecule has 1 aromatic heterocycles. The van der Waals surface area contributed by atoms with E-state index in [1.165, 1.54) is 10.9 Å². The number of hydrogen-bond acceptors (Lipinski definition) is 5. The first-order valence-electron chi connectivity index (χ1n) is 9.13. The average Bonchev–Trinajstić information content (AvgIpc) is 3.02. The van der Waals surface area contributed by atoms with Crippen molar-refractivity contribution in [2.24, 2.45) is 5.10 Å². The van der Waals surface area contributed by atoms with E-state index < -0.39 is 5.91 Å². The van der Waals surface area contributed by atoms with Gasteiger partial charge in [-0.3, -0.25) is 14.7 Å². The van der Waals surface area contributed by atoms with E-state index in [1.807, 2.05) is 43.3 Å². The molecule has 8 heteroatoms. The highest BCUT2D eigenvalue weighted by atomic mass is 16.5. The Labute approximate surface area is 167 Å². The first-order chi connectivity index (χ1) is 14.1. The summed E-state index contributed by atoms with van der Waals surface area (Å²) in [7, 11) is 0. The molecule has 0 atom stereocenters. The van der Waals surface area contributed by atoms with Crippen LogP contribution in [0.4, 0.5) is 0 Å². The van der Waals surface area contributed by atoms with E-state index in [-0.39, 0.29) is 12.2 Å². The molecule has 150 valence electrons. The summed E-state index contributed by atoms with van der Waals surface area (Å²) in [6, 6.07) is 16.3. The van der Waals surface area contributed by atoms with Crippen LogP contribution in [0, 0.1) is 6.92 Å². The van der Waals surface area contributed by atoms with E-state index in [1.54, 1.807) is 25.1 Å². The first-order valence-corrected chi connectivity index (χ1v) is 9.13. The van der Waals surface area contributed by atoms with Crippen molar-refractivity contribution in [3.8, 4) is 17.2 Å². The molecule has 0 aliphatic heterocycles. The number of nitrogens with zero attached hydrogens (tertiary/aromatic N) is 2. The van der Waals surface area contributed by atoms with E-state index in [9.17, 15) is 9.59 Å². The Hall–Kier alpha value is -3.81. The molecule has 3 aromatic rings. The van der Waals surface area contributed by atoms with E-state index in [4.69, 9.17) is 9.47 Å². The SMILES string of the molecule is CCOc1ccccc1OCC(=O)N/N=C\c1c(C)[nH]n(-c2ccccc2)c1=O. The molecular weight excluding hydrogens is 372 g/mol. The number of para-hydroxylation sites is 3. The molecule has 0 unspecified atom stereocenters. The zero-order chi connectivity index (χ0) is 20.6. The maximum atomic E-state index is 12.6. The van der Waals surface area contributed by atoms with Crippen LogP contribution in [0.3, 0.4) is 0 Å². The standard InChI is InChI=1S/C21H22N4O4/c1-3-28-18-11-7-8-12-19(18)29-14-20(26)23-22-13-17-15(2)24-25(21(17)27)16-9-5-4-6-10-16/h4-13,24H,3,14H2,1-2H3,(H,23,26)/b22-13-. The zero-order valence-corrected chi connectivity index (χ0v) is 16.2. The molecule has 3 rings (SSSR count). The van der Waals surface area contributed by atoms with Crippen LogP contribution < -0.4 is 20.5 Å². The molecule has 29 heavy (non-hydrogen) atoms. The molecule has 1 amide bonds. The largest absolute Gasteiger partial charge is 0.490 e. The minimum atomic E-state index is -0.455. The van der Waals surface area contributed by atoms with Crippen LogP contribution in [0.15, 0.2) is 64.5 Å². The quantitative estimate of drug-likeness (QED) is 0.453. The molecule has 2 aromatic carbocycles. The van der Waals surface area contributed by atoms with Crippen molar-refractivity contribution in [2.45, 2.75) is 13.8 Å². The third kappa shape index (κ3) is 4.92. The molecule has 0 spiro atoms. The Morgan fingerprint density at radius 2 is 1.76 bits per heavy atom. The number of amides is 1. The van der Waals surface area contributed by atoms with Gasteiger partial charge >= 0.3 is 0 Å². The van der Waals surface area contributed by atoms with E-state index >= 15 is 0 Å². The van der Waals surface area contributed by atoms with Crippen LogP contribution in [-0.2, 0) is 4.79 Å². The van der Waals surface area contributed by atoms with Crippen LogP contribution >= 0.6 is 0 Å². The summed E-state index contributed by atoms with van der Waals surface area (Å²) in [6.45, 7) is 3.89. The number of nitrogens with one attached hydrogen (secondary N) is 2. The molecule has 1 heterocycles. The lowest BCUT2D eigenvalue weighted by molar-refractivity contribution is -0.123. The molecule has 0 saturated heterocycles. The van der Waals surface area contributed by atoms with Gasteiger partial charge in [-0.2, -0.15) is 5.10 Å².